The number of nitriles is 1. The summed E-state index contributed by atoms with van der Waals surface area (Å²) in [6, 6.07) is 5.09. The number of pyridine rings is 2. The molecule has 0 spiro atoms. The van der Waals surface area contributed by atoms with E-state index in [4.69, 9.17) is 11.5 Å². The number of alkyl halides is 2. The molecule has 3 heterocycles. The Hall–Kier alpha value is -3.35. The monoisotopic (exact) mass is 359 g/mol. The van der Waals surface area contributed by atoms with Crippen LogP contribution in [-0.4, -0.2) is 29.0 Å². The van der Waals surface area contributed by atoms with Crippen molar-refractivity contribution >= 4 is 23.0 Å². The van der Waals surface area contributed by atoms with Crippen molar-refractivity contribution in [2.45, 2.75) is 19.3 Å². The van der Waals surface area contributed by atoms with Crippen LogP contribution in [0.25, 0.3) is 0 Å². The first-order valence-electron chi connectivity index (χ1n) is 7.66. The van der Waals surface area contributed by atoms with Gasteiger partial charge in [-0.3, -0.25) is 0 Å². The molecule has 1 aliphatic rings. The van der Waals surface area contributed by atoms with Crippen molar-refractivity contribution in [2.24, 2.45) is 5.18 Å². The molecule has 134 valence electrons. The number of nitrogen functional groups attached to an aromatic ring is 2. The molecule has 1 saturated heterocycles. The summed E-state index contributed by atoms with van der Waals surface area (Å²) in [5, 5.41) is 11.9. The van der Waals surface area contributed by atoms with Crippen molar-refractivity contribution in [2.75, 3.05) is 29.5 Å². The Labute approximate surface area is 147 Å². The highest BCUT2D eigenvalue weighted by Gasteiger charge is 2.45. The van der Waals surface area contributed by atoms with E-state index >= 15 is 0 Å². The van der Waals surface area contributed by atoms with Crippen molar-refractivity contribution in [3.8, 4) is 6.07 Å². The van der Waals surface area contributed by atoms with Crippen LogP contribution in [0.15, 0.2) is 17.3 Å². The van der Waals surface area contributed by atoms with Crippen LogP contribution >= 0.6 is 0 Å². The molecule has 2 aromatic rings. The summed E-state index contributed by atoms with van der Waals surface area (Å²) < 4.78 is 26.3. The summed E-state index contributed by atoms with van der Waals surface area (Å²) in [7, 11) is 0. The van der Waals surface area contributed by atoms with E-state index in [2.05, 4.69) is 15.1 Å². The van der Waals surface area contributed by atoms with Gasteiger partial charge >= 0.3 is 0 Å². The quantitative estimate of drug-likeness (QED) is 0.799. The largest absolute Gasteiger partial charge is 0.397 e. The minimum atomic E-state index is -2.78. The van der Waals surface area contributed by atoms with Gasteiger partial charge in [-0.25, -0.2) is 18.7 Å². The third kappa shape index (κ3) is 2.99. The number of hydrogen-bond donors (Lipinski definition) is 2. The summed E-state index contributed by atoms with van der Waals surface area (Å²) in [6.07, 6.45) is 0.219. The molecule has 3 rings (SSSR count). The van der Waals surface area contributed by atoms with E-state index in [1.165, 1.54) is 11.0 Å². The Morgan fingerprint density at radius 1 is 1.31 bits per heavy atom. The van der Waals surface area contributed by atoms with E-state index < -0.39 is 19.0 Å². The lowest BCUT2D eigenvalue weighted by Crippen LogP contribution is -2.57. The molecule has 0 atom stereocenters. The van der Waals surface area contributed by atoms with Gasteiger partial charge in [-0.2, -0.15) is 5.26 Å². The fraction of sp³-hybridized carbons (Fsp3) is 0.312. The fourth-order valence-electron chi connectivity index (χ4n) is 2.81. The zero-order valence-corrected chi connectivity index (χ0v) is 13.8. The van der Waals surface area contributed by atoms with Gasteiger partial charge in [0.1, 0.15) is 17.6 Å². The first-order valence-corrected chi connectivity index (χ1v) is 7.66. The van der Waals surface area contributed by atoms with Gasteiger partial charge in [0.05, 0.1) is 24.3 Å². The van der Waals surface area contributed by atoms with Gasteiger partial charge in [0, 0.05) is 23.4 Å². The van der Waals surface area contributed by atoms with Gasteiger partial charge in [-0.05, 0) is 24.2 Å². The van der Waals surface area contributed by atoms with Crippen molar-refractivity contribution in [1.82, 2.24) is 9.97 Å². The van der Waals surface area contributed by atoms with Crippen molar-refractivity contribution in [3.63, 3.8) is 0 Å². The van der Waals surface area contributed by atoms with Crippen LogP contribution in [0.3, 0.4) is 0 Å². The molecule has 0 amide bonds. The smallest absolute Gasteiger partial charge is 0.282 e. The normalized spacial score (nSPS) is 15.2. The van der Waals surface area contributed by atoms with Crippen LogP contribution in [0.1, 0.15) is 22.5 Å². The lowest BCUT2D eigenvalue weighted by molar-refractivity contribution is -0.0267. The predicted molar refractivity (Wildman–Crippen MR) is 92.2 cm³/mol. The number of rotatable bonds is 4. The lowest BCUT2D eigenvalue weighted by atomic mass is 10.0. The number of aryl methyl sites for hydroxylation is 1. The van der Waals surface area contributed by atoms with E-state index in [9.17, 15) is 18.9 Å². The van der Waals surface area contributed by atoms with Gasteiger partial charge in [0.2, 0.25) is 5.82 Å². The van der Waals surface area contributed by atoms with Gasteiger partial charge in [0.15, 0.2) is 0 Å². The van der Waals surface area contributed by atoms with Crippen LogP contribution < -0.4 is 16.4 Å². The molecule has 0 radical (unpaired) electrons. The molecule has 2 aromatic heterocycles. The van der Waals surface area contributed by atoms with E-state index in [1.54, 1.807) is 13.0 Å². The number of nitroso groups, excluding NO2 is 1. The summed E-state index contributed by atoms with van der Waals surface area (Å²) in [5.74, 6) is -2.75. The summed E-state index contributed by atoms with van der Waals surface area (Å²) in [4.78, 5) is 20.4. The molecule has 4 N–H and O–H groups in total. The number of halogens is 2. The van der Waals surface area contributed by atoms with Crippen molar-refractivity contribution in [1.29, 1.82) is 5.26 Å². The molecule has 1 aliphatic heterocycles. The molecule has 0 aliphatic carbocycles. The van der Waals surface area contributed by atoms with E-state index in [0.29, 0.717) is 17.0 Å². The van der Waals surface area contributed by atoms with Crippen LogP contribution in [0.2, 0.25) is 0 Å². The van der Waals surface area contributed by atoms with E-state index in [1.807, 2.05) is 6.07 Å². The summed E-state index contributed by atoms with van der Waals surface area (Å²) in [5.41, 5.74) is 13.7. The predicted octanol–water partition coefficient (Wildman–Crippen LogP) is 2.27. The summed E-state index contributed by atoms with van der Waals surface area (Å²) in [6.45, 7) is 0.696. The lowest BCUT2D eigenvalue weighted by Gasteiger charge is -2.40. The highest BCUT2D eigenvalue weighted by molar-refractivity contribution is 5.77. The average molecular weight is 359 g/mol. The third-order valence-corrected chi connectivity index (χ3v) is 4.21. The second kappa shape index (κ2) is 6.18. The molecule has 0 aromatic carbocycles. The topological polar surface area (TPSA) is 134 Å². The average Bonchev–Trinajstić information content (AvgIpc) is 2.59. The molecule has 0 bridgehead atoms. The van der Waals surface area contributed by atoms with Gasteiger partial charge in [-0.15, -0.1) is 4.91 Å². The van der Waals surface area contributed by atoms with Crippen LogP contribution in [0, 0.1) is 23.2 Å². The Morgan fingerprint density at radius 3 is 2.58 bits per heavy atom. The number of nitrogens with zero attached hydrogens (tertiary/aromatic N) is 5. The second-order valence-corrected chi connectivity index (χ2v) is 6.09. The highest BCUT2D eigenvalue weighted by atomic mass is 19.3. The maximum absolute atomic E-state index is 13.2. The van der Waals surface area contributed by atoms with Crippen LogP contribution in [0.4, 0.5) is 31.8 Å². The first-order chi connectivity index (χ1) is 12.3. The molecule has 0 saturated carbocycles. The minimum Gasteiger partial charge on any atom is -0.397 e. The van der Waals surface area contributed by atoms with Crippen molar-refractivity contribution < 1.29 is 8.78 Å². The Bertz CT molecular complexity index is 931. The van der Waals surface area contributed by atoms with Crippen LogP contribution in [0.5, 0.6) is 0 Å². The summed E-state index contributed by atoms with van der Waals surface area (Å²) >= 11 is 0. The molecular weight excluding hydrogens is 344 g/mol. The third-order valence-electron chi connectivity index (χ3n) is 4.21. The zero-order chi connectivity index (χ0) is 19.1. The fourth-order valence-corrected chi connectivity index (χ4v) is 2.81. The van der Waals surface area contributed by atoms with E-state index in [0.717, 1.165) is 0 Å². The standard InChI is InChI=1S/C16H15F2N7O/c1-8-11(12(20)13(21)14(22-8)24-26)4-10-3-2-9(5-19)15(23-10)25-6-16(17,18)7-25/h2-3H,4,6-7,21H2,1H3,(H2,20,22). The SMILES string of the molecule is Cc1nc(N=O)c(N)c(N)c1Cc1ccc(C#N)c(N2CC(F)(F)C2)n1. The Balaban J connectivity index is 1.96. The molecule has 10 heteroatoms. The van der Waals surface area contributed by atoms with Gasteiger partial charge in [-0.1, -0.05) is 0 Å². The number of aromatic nitrogens is 2. The first kappa shape index (κ1) is 17.5. The minimum absolute atomic E-state index is 0.0168. The molecule has 8 nitrogen and oxygen atoms in total. The van der Waals surface area contributed by atoms with Gasteiger partial charge in [0.25, 0.3) is 5.92 Å². The van der Waals surface area contributed by atoms with Crippen molar-refractivity contribution in [3.05, 3.63) is 39.6 Å². The highest BCUT2D eigenvalue weighted by Crippen LogP contribution is 2.34. The molecule has 0 unspecified atom stereocenters. The molecule has 1 fully saturated rings. The maximum Gasteiger partial charge on any atom is 0.282 e. The molecule has 26 heavy (non-hydrogen) atoms. The molecular formula is C16H15F2N7O. The number of nitrogens with two attached hydrogens (primary N) is 2. The Kier molecular flexibility index (Phi) is 4.15. The van der Waals surface area contributed by atoms with E-state index in [-0.39, 0.29) is 35.0 Å². The van der Waals surface area contributed by atoms with Gasteiger partial charge < -0.3 is 16.4 Å². The Morgan fingerprint density at radius 2 is 2.00 bits per heavy atom. The number of anilines is 3. The zero-order valence-electron chi connectivity index (χ0n) is 13.8. The maximum atomic E-state index is 13.2. The number of hydrogen-bond acceptors (Lipinski definition) is 8. The van der Waals surface area contributed by atoms with Crippen LogP contribution in [-0.2, 0) is 6.42 Å². The second-order valence-electron chi connectivity index (χ2n) is 6.09.